The van der Waals surface area contributed by atoms with Crippen LogP contribution in [0.2, 0.25) is 0 Å². The third-order valence-electron chi connectivity index (χ3n) is 3.47. The van der Waals surface area contributed by atoms with Gasteiger partial charge in [-0.15, -0.1) is 0 Å². The van der Waals surface area contributed by atoms with Crippen LogP contribution in [0.5, 0.6) is 5.75 Å². The Labute approximate surface area is 124 Å². The van der Waals surface area contributed by atoms with Gasteiger partial charge in [-0.25, -0.2) is 13.6 Å². The zero-order chi connectivity index (χ0) is 16.3. The molecule has 1 aromatic rings. The number of halogens is 4. The lowest BCUT2D eigenvalue weighted by molar-refractivity contribution is -0.153. The maximum absolute atomic E-state index is 14.3. The van der Waals surface area contributed by atoms with Crippen LogP contribution < -0.4 is 4.74 Å². The lowest BCUT2D eigenvalue weighted by atomic mass is 10.1. The molecule has 0 spiro atoms. The molecule has 22 heavy (non-hydrogen) atoms. The van der Waals surface area contributed by atoms with Gasteiger partial charge in [0.25, 0.3) is 0 Å². The molecule has 0 radical (unpaired) electrons. The van der Waals surface area contributed by atoms with Gasteiger partial charge >= 0.3 is 12.6 Å². The minimum Gasteiger partial charge on any atom is -0.467 e. The van der Waals surface area contributed by atoms with Gasteiger partial charge in [0, 0.05) is 26.1 Å². The van der Waals surface area contributed by atoms with E-state index in [1.165, 1.54) is 6.07 Å². The number of rotatable bonds is 5. The molecule has 0 N–H and O–H groups in total. The summed E-state index contributed by atoms with van der Waals surface area (Å²) in [6.45, 7) is -2.76. The van der Waals surface area contributed by atoms with E-state index in [0.717, 1.165) is 19.2 Å². The number of benzene rings is 1. The first-order valence-corrected chi connectivity index (χ1v) is 6.57. The van der Waals surface area contributed by atoms with Crippen LogP contribution in [0.1, 0.15) is 12.0 Å². The molecule has 1 aromatic carbocycles. The zero-order valence-electron chi connectivity index (χ0n) is 11.8. The molecule has 0 aliphatic carbocycles. The number of ether oxygens (including phenoxy) is 2. The second kappa shape index (κ2) is 6.51. The summed E-state index contributed by atoms with van der Waals surface area (Å²) in [5.41, 5.74) is -1.60. The van der Waals surface area contributed by atoms with Crippen molar-refractivity contribution in [2.45, 2.75) is 25.2 Å². The van der Waals surface area contributed by atoms with Crippen molar-refractivity contribution in [1.29, 1.82) is 0 Å². The molecule has 122 valence electrons. The minimum atomic E-state index is -3.11. The summed E-state index contributed by atoms with van der Waals surface area (Å²) >= 11 is 0. The van der Waals surface area contributed by atoms with Crippen LogP contribution in [0, 0.1) is 5.82 Å². The topological polar surface area (TPSA) is 38.8 Å². The average Bonchev–Trinajstić information content (AvgIpc) is 2.83. The fourth-order valence-electron chi connectivity index (χ4n) is 2.42. The van der Waals surface area contributed by atoms with Gasteiger partial charge < -0.3 is 9.47 Å². The van der Waals surface area contributed by atoms with Crippen molar-refractivity contribution < 1.29 is 31.8 Å². The van der Waals surface area contributed by atoms with E-state index in [2.05, 4.69) is 9.47 Å². The highest BCUT2D eigenvalue weighted by Crippen LogP contribution is 2.29. The van der Waals surface area contributed by atoms with E-state index in [1.807, 2.05) is 0 Å². The van der Waals surface area contributed by atoms with Gasteiger partial charge in [-0.2, -0.15) is 8.78 Å². The Hall–Kier alpha value is -1.83. The molecule has 0 bridgehead atoms. The van der Waals surface area contributed by atoms with E-state index in [1.54, 1.807) is 4.90 Å². The maximum atomic E-state index is 14.3. The van der Waals surface area contributed by atoms with Crippen LogP contribution in [0.25, 0.3) is 0 Å². The number of hydrogen-bond donors (Lipinski definition) is 0. The minimum absolute atomic E-state index is 0.00523. The van der Waals surface area contributed by atoms with Crippen molar-refractivity contribution in [2.24, 2.45) is 0 Å². The number of alkyl halides is 3. The molecular weight excluding hydrogens is 306 g/mol. The van der Waals surface area contributed by atoms with Gasteiger partial charge in [0.1, 0.15) is 0 Å². The maximum Gasteiger partial charge on any atom is 0.387 e. The number of esters is 1. The number of hydrogen-bond acceptors (Lipinski definition) is 4. The Bertz CT molecular complexity index is 555. The quantitative estimate of drug-likeness (QED) is 0.617. The predicted octanol–water partition coefficient (Wildman–Crippen LogP) is 2.51. The predicted molar refractivity (Wildman–Crippen MR) is 68.8 cm³/mol. The van der Waals surface area contributed by atoms with Crippen LogP contribution in [0.4, 0.5) is 17.6 Å². The van der Waals surface area contributed by atoms with E-state index in [-0.39, 0.29) is 19.5 Å². The van der Waals surface area contributed by atoms with Crippen molar-refractivity contribution in [3.63, 3.8) is 0 Å². The Morgan fingerprint density at radius 1 is 1.45 bits per heavy atom. The van der Waals surface area contributed by atoms with Gasteiger partial charge in [-0.1, -0.05) is 6.07 Å². The highest BCUT2D eigenvalue weighted by molar-refractivity contribution is 5.80. The summed E-state index contributed by atoms with van der Waals surface area (Å²) < 4.78 is 60.4. The van der Waals surface area contributed by atoms with Crippen molar-refractivity contribution in [1.82, 2.24) is 4.90 Å². The van der Waals surface area contributed by atoms with Gasteiger partial charge in [0.2, 0.25) is 5.67 Å². The molecule has 8 heteroatoms. The molecule has 1 atom stereocenters. The lowest BCUT2D eigenvalue weighted by Gasteiger charge is -2.19. The first-order valence-electron chi connectivity index (χ1n) is 6.57. The summed E-state index contributed by atoms with van der Waals surface area (Å²) in [5.74, 6) is -2.40. The summed E-state index contributed by atoms with van der Waals surface area (Å²) in [5, 5.41) is 0. The largest absolute Gasteiger partial charge is 0.467 e. The normalized spacial score (nSPS) is 22.1. The first kappa shape index (κ1) is 16.5. The van der Waals surface area contributed by atoms with Crippen LogP contribution in [-0.4, -0.2) is 43.3 Å². The fraction of sp³-hybridized carbons (Fsp3) is 0.500. The SMILES string of the molecule is COC(=O)[C@]1(F)CCN(Cc2ccc(OC(F)F)c(F)c2)C1. The standard InChI is InChI=1S/C14H15F4NO3/c1-21-12(20)14(18)4-5-19(8-14)7-9-2-3-11(10(15)6-9)22-13(16)17/h2-3,6,13H,4-5,7-8H2,1H3/t14-/m0/s1. The molecule has 1 aliphatic heterocycles. The van der Waals surface area contributed by atoms with E-state index < -0.39 is 29.8 Å². The molecule has 1 aliphatic rings. The van der Waals surface area contributed by atoms with E-state index in [9.17, 15) is 22.4 Å². The van der Waals surface area contributed by atoms with E-state index in [0.29, 0.717) is 12.1 Å². The molecule has 2 rings (SSSR count). The number of nitrogens with zero attached hydrogens (tertiary/aromatic N) is 1. The molecule has 0 amide bonds. The van der Waals surface area contributed by atoms with Crippen molar-refractivity contribution in [2.75, 3.05) is 20.2 Å². The second-order valence-corrected chi connectivity index (χ2v) is 5.06. The third kappa shape index (κ3) is 3.68. The highest BCUT2D eigenvalue weighted by Gasteiger charge is 2.46. The summed E-state index contributed by atoms with van der Waals surface area (Å²) in [6.07, 6.45) is -0.00523. The monoisotopic (exact) mass is 321 g/mol. The summed E-state index contributed by atoms with van der Waals surface area (Å²) in [7, 11) is 1.11. The summed E-state index contributed by atoms with van der Waals surface area (Å²) in [6, 6.07) is 3.56. The number of methoxy groups -OCH3 is 1. The van der Waals surface area contributed by atoms with Crippen molar-refractivity contribution in [3.8, 4) is 5.75 Å². The number of likely N-dealkylation sites (tertiary alicyclic amines) is 1. The third-order valence-corrected chi connectivity index (χ3v) is 3.47. The Kier molecular flexibility index (Phi) is 4.90. The van der Waals surface area contributed by atoms with Crippen molar-refractivity contribution >= 4 is 5.97 Å². The molecule has 1 saturated heterocycles. The highest BCUT2D eigenvalue weighted by atomic mass is 19.3. The number of carbonyl (C=O) groups is 1. The first-order chi connectivity index (χ1) is 10.3. The fourth-order valence-corrected chi connectivity index (χ4v) is 2.42. The second-order valence-electron chi connectivity index (χ2n) is 5.06. The summed E-state index contributed by atoms with van der Waals surface area (Å²) in [4.78, 5) is 13.0. The molecule has 1 fully saturated rings. The Morgan fingerprint density at radius 3 is 2.77 bits per heavy atom. The molecular formula is C14H15F4NO3. The van der Waals surface area contributed by atoms with Crippen LogP contribution >= 0.6 is 0 Å². The van der Waals surface area contributed by atoms with Gasteiger partial charge in [-0.05, 0) is 17.7 Å². The van der Waals surface area contributed by atoms with E-state index in [4.69, 9.17) is 0 Å². The molecule has 4 nitrogen and oxygen atoms in total. The molecule has 0 unspecified atom stereocenters. The Balaban J connectivity index is 2.00. The number of carbonyl (C=O) groups excluding carboxylic acids is 1. The van der Waals surface area contributed by atoms with Gasteiger partial charge in [0.05, 0.1) is 7.11 Å². The van der Waals surface area contributed by atoms with Crippen molar-refractivity contribution in [3.05, 3.63) is 29.6 Å². The lowest BCUT2D eigenvalue weighted by Crippen LogP contribution is -2.38. The Morgan fingerprint density at radius 2 is 2.18 bits per heavy atom. The molecule has 0 saturated carbocycles. The zero-order valence-corrected chi connectivity index (χ0v) is 11.8. The van der Waals surface area contributed by atoms with Crippen LogP contribution in [0.3, 0.4) is 0 Å². The van der Waals surface area contributed by atoms with E-state index >= 15 is 0 Å². The van der Waals surface area contributed by atoms with Gasteiger partial charge in [0.15, 0.2) is 11.6 Å². The average molecular weight is 321 g/mol. The van der Waals surface area contributed by atoms with Crippen LogP contribution in [-0.2, 0) is 16.1 Å². The molecule has 1 heterocycles. The van der Waals surface area contributed by atoms with Gasteiger partial charge in [-0.3, -0.25) is 4.90 Å². The molecule has 0 aromatic heterocycles. The van der Waals surface area contributed by atoms with Crippen LogP contribution in [0.15, 0.2) is 18.2 Å². The smallest absolute Gasteiger partial charge is 0.387 e.